The summed E-state index contributed by atoms with van der Waals surface area (Å²) in [6.07, 6.45) is -1.97. The molecule has 6 N–H and O–H groups in total. The molecule has 2 fully saturated rings. The number of carbonyl (C=O) groups excluding carboxylic acids is 1. The van der Waals surface area contributed by atoms with Gasteiger partial charge >= 0.3 is 6.18 Å². The molecule has 1 aliphatic heterocycles. The Labute approximate surface area is 205 Å². The number of likely N-dealkylation sites (tertiary alicyclic amines) is 1. The maximum Gasteiger partial charge on any atom is 0.404 e. The van der Waals surface area contributed by atoms with Crippen molar-refractivity contribution in [3.8, 4) is 11.3 Å². The molecule has 1 amide bonds. The van der Waals surface area contributed by atoms with Gasteiger partial charge in [-0.05, 0) is 43.9 Å². The van der Waals surface area contributed by atoms with Crippen LogP contribution in [-0.2, 0) is 10.3 Å². The summed E-state index contributed by atoms with van der Waals surface area (Å²) in [5, 5.41) is 10.6. The summed E-state index contributed by atoms with van der Waals surface area (Å²) in [6.45, 7) is -0.0485. The van der Waals surface area contributed by atoms with E-state index in [0.717, 1.165) is 29.3 Å². The van der Waals surface area contributed by atoms with E-state index in [1.165, 1.54) is 4.90 Å². The summed E-state index contributed by atoms with van der Waals surface area (Å²) in [6, 6.07) is 5.63. The Morgan fingerprint density at radius 1 is 1.19 bits per heavy atom. The van der Waals surface area contributed by atoms with Gasteiger partial charge in [0, 0.05) is 24.5 Å². The van der Waals surface area contributed by atoms with Gasteiger partial charge in [0.05, 0.1) is 28.4 Å². The first-order chi connectivity index (χ1) is 17.1. The molecule has 2 aliphatic rings. The zero-order chi connectivity index (χ0) is 25.7. The van der Waals surface area contributed by atoms with E-state index < -0.39 is 29.6 Å². The van der Waals surface area contributed by atoms with Crippen LogP contribution in [0.25, 0.3) is 22.2 Å². The maximum atomic E-state index is 14.3. The Balaban J connectivity index is 1.64. The van der Waals surface area contributed by atoms with Gasteiger partial charge in [-0.15, -0.1) is 0 Å². The minimum atomic E-state index is -4.44. The summed E-state index contributed by atoms with van der Waals surface area (Å²) in [5.41, 5.74) is 13.0. The van der Waals surface area contributed by atoms with Crippen molar-refractivity contribution in [2.75, 3.05) is 24.6 Å². The third-order valence-corrected chi connectivity index (χ3v) is 7.66. The lowest BCUT2D eigenvalue weighted by Crippen LogP contribution is -2.60. The van der Waals surface area contributed by atoms with Crippen molar-refractivity contribution in [1.29, 1.82) is 0 Å². The average Bonchev–Trinajstić information content (AvgIpc) is 3.50. The van der Waals surface area contributed by atoms with Crippen molar-refractivity contribution in [3.63, 3.8) is 0 Å². The maximum absolute atomic E-state index is 14.3. The smallest absolute Gasteiger partial charge is 0.382 e. The van der Waals surface area contributed by atoms with Crippen molar-refractivity contribution in [2.45, 2.75) is 56.3 Å². The van der Waals surface area contributed by atoms with E-state index in [1.807, 2.05) is 18.2 Å². The fourth-order valence-corrected chi connectivity index (χ4v) is 5.81. The number of rotatable bonds is 5. The number of nitrogens with one attached hydrogen (secondary N) is 2. The fraction of sp³-hybridized carbons (Fsp3) is 0.500. The first-order valence-corrected chi connectivity index (χ1v) is 12.1. The Morgan fingerprint density at radius 3 is 2.61 bits per heavy atom. The Bertz CT molecular complexity index is 1280. The van der Waals surface area contributed by atoms with Gasteiger partial charge in [-0.2, -0.15) is 18.3 Å². The SMILES string of the molecule is CNc1nc(-c2ccc3c(N)n[nH]c3c2)cc(C2(N3CC(C(N)=O)CCC3C(F)(F)F)CCCC2)n1. The Morgan fingerprint density at radius 2 is 1.94 bits per heavy atom. The van der Waals surface area contributed by atoms with Crippen LogP contribution >= 0.6 is 0 Å². The van der Waals surface area contributed by atoms with Crippen molar-refractivity contribution in [3.05, 3.63) is 30.0 Å². The molecule has 1 saturated carbocycles. The van der Waals surface area contributed by atoms with Gasteiger partial charge in [-0.25, -0.2) is 9.97 Å². The molecule has 5 rings (SSSR count). The Hall–Kier alpha value is -3.41. The van der Waals surface area contributed by atoms with E-state index in [2.05, 4.69) is 25.5 Å². The minimum absolute atomic E-state index is 0.0485. The number of aromatic nitrogens is 4. The van der Waals surface area contributed by atoms with E-state index in [0.29, 0.717) is 36.0 Å². The van der Waals surface area contributed by atoms with Gasteiger partial charge in [-0.1, -0.05) is 18.9 Å². The molecule has 12 heteroatoms. The predicted molar refractivity (Wildman–Crippen MR) is 130 cm³/mol. The summed E-state index contributed by atoms with van der Waals surface area (Å²) in [7, 11) is 1.67. The van der Waals surface area contributed by atoms with E-state index in [9.17, 15) is 18.0 Å². The van der Waals surface area contributed by atoms with Crippen molar-refractivity contribution >= 4 is 28.6 Å². The number of hydrogen-bond acceptors (Lipinski definition) is 7. The molecule has 1 aliphatic carbocycles. The van der Waals surface area contributed by atoms with Crippen molar-refractivity contribution in [2.24, 2.45) is 11.7 Å². The summed E-state index contributed by atoms with van der Waals surface area (Å²) in [4.78, 5) is 22.7. The molecular formula is C24H29F3N8O. The number of amides is 1. The van der Waals surface area contributed by atoms with E-state index >= 15 is 0 Å². The molecule has 192 valence electrons. The monoisotopic (exact) mass is 502 g/mol. The van der Waals surface area contributed by atoms with Crippen LogP contribution < -0.4 is 16.8 Å². The number of nitrogen functional groups attached to an aromatic ring is 1. The number of carbonyl (C=O) groups is 1. The number of H-pyrrole nitrogens is 1. The van der Waals surface area contributed by atoms with Gasteiger partial charge in [0.2, 0.25) is 11.9 Å². The molecule has 3 heterocycles. The van der Waals surface area contributed by atoms with Crippen molar-refractivity contribution in [1.82, 2.24) is 25.1 Å². The van der Waals surface area contributed by atoms with Crippen LogP contribution in [0.5, 0.6) is 0 Å². The molecule has 9 nitrogen and oxygen atoms in total. The Kier molecular flexibility index (Phi) is 6.01. The van der Waals surface area contributed by atoms with Gasteiger partial charge in [0.25, 0.3) is 0 Å². The molecule has 0 bridgehead atoms. The number of hydrogen-bond donors (Lipinski definition) is 4. The number of aromatic amines is 1. The normalized spacial score (nSPS) is 22.7. The highest BCUT2D eigenvalue weighted by molar-refractivity contribution is 5.91. The number of nitrogens with two attached hydrogens (primary N) is 2. The predicted octanol–water partition coefficient (Wildman–Crippen LogP) is 3.54. The van der Waals surface area contributed by atoms with E-state index in [4.69, 9.17) is 11.5 Å². The number of nitrogens with zero attached hydrogens (tertiary/aromatic N) is 4. The fourth-order valence-electron chi connectivity index (χ4n) is 5.81. The number of fused-ring (bicyclic) bond motifs is 1. The van der Waals surface area contributed by atoms with E-state index in [1.54, 1.807) is 13.1 Å². The van der Waals surface area contributed by atoms with E-state index in [-0.39, 0.29) is 19.4 Å². The number of alkyl halides is 3. The summed E-state index contributed by atoms with van der Waals surface area (Å²) in [5.74, 6) is -0.516. The zero-order valence-electron chi connectivity index (χ0n) is 19.9. The molecule has 0 spiro atoms. The number of anilines is 2. The van der Waals surface area contributed by atoms with Gasteiger partial charge in [0.15, 0.2) is 5.82 Å². The number of piperidine rings is 1. The molecule has 36 heavy (non-hydrogen) atoms. The summed E-state index contributed by atoms with van der Waals surface area (Å²) < 4.78 is 42.8. The second kappa shape index (κ2) is 8.91. The van der Waals surface area contributed by atoms with Gasteiger partial charge in [0.1, 0.15) is 6.04 Å². The largest absolute Gasteiger partial charge is 0.404 e. The number of primary amides is 1. The van der Waals surface area contributed by atoms with Crippen LogP contribution in [0, 0.1) is 5.92 Å². The zero-order valence-corrected chi connectivity index (χ0v) is 19.9. The summed E-state index contributed by atoms with van der Waals surface area (Å²) >= 11 is 0. The molecule has 0 radical (unpaired) electrons. The first kappa shape index (κ1) is 24.3. The number of halogens is 3. The van der Waals surface area contributed by atoms with Crippen LogP contribution in [0.15, 0.2) is 24.3 Å². The third kappa shape index (κ3) is 4.12. The average molecular weight is 503 g/mol. The molecular weight excluding hydrogens is 473 g/mol. The lowest BCUT2D eigenvalue weighted by molar-refractivity contribution is -0.214. The van der Waals surface area contributed by atoms with Crippen LogP contribution in [-0.4, -0.2) is 56.8 Å². The lowest BCUT2D eigenvalue weighted by atomic mass is 9.82. The topological polar surface area (TPSA) is 139 Å². The minimum Gasteiger partial charge on any atom is -0.382 e. The van der Waals surface area contributed by atoms with Crippen LogP contribution in [0.3, 0.4) is 0 Å². The van der Waals surface area contributed by atoms with Crippen LogP contribution in [0.2, 0.25) is 0 Å². The molecule has 2 atom stereocenters. The molecule has 2 unspecified atom stereocenters. The lowest BCUT2D eigenvalue weighted by Gasteiger charge is -2.49. The highest BCUT2D eigenvalue weighted by atomic mass is 19.4. The molecule has 1 saturated heterocycles. The van der Waals surface area contributed by atoms with Crippen molar-refractivity contribution < 1.29 is 18.0 Å². The molecule has 1 aromatic carbocycles. The number of benzene rings is 1. The molecule has 3 aromatic rings. The van der Waals surface area contributed by atoms with Crippen LogP contribution in [0.4, 0.5) is 24.9 Å². The molecule has 2 aromatic heterocycles. The van der Waals surface area contributed by atoms with Gasteiger partial charge in [-0.3, -0.25) is 14.8 Å². The second-order valence-corrected chi connectivity index (χ2v) is 9.71. The third-order valence-electron chi connectivity index (χ3n) is 7.66. The van der Waals surface area contributed by atoms with Gasteiger partial charge < -0.3 is 16.8 Å². The standard InChI is InChI=1S/C24H29F3N8O/c1-30-22-31-16(13-4-6-15-17(10-13)33-34-20(15)28)11-18(32-22)23(8-2-3-9-23)35-12-14(21(29)36)5-7-19(35)24(25,26)27/h4,6,10-11,14,19H,2-3,5,7-9,12H2,1H3,(H2,29,36)(H3,28,33,34)(H,30,31,32). The first-order valence-electron chi connectivity index (χ1n) is 12.1. The highest BCUT2D eigenvalue weighted by Gasteiger charge is 2.55. The second-order valence-electron chi connectivity index (χ2n) is 9.71. The van der Waals surface area contributed by atoms with Crippen LogP contribution in [0.1, 0.15) is 44.2 Å². The highest BCUT2D eigenvalue weighted by Crippen LogP contribution is 2.49. The quantitative estimate of drug-likeness (QED) is 0.419.